The molecule has 23 heavy (non-hydrogen) atoms. The molecule has 0 saturated carbocycles. The Morgan fingerprint density at radius 1 is 1.17 bits per heavy atom. The molecule has 0 fully saturated rings. The summed E-state index contributed by atoms with van der Waals surface area (Å²) in [6.07, 6.45) is -4.51. The summed E-state index contributed by atoms with van der Waals surface area (Å²) < 4.78 is 43.5. The van der Waals surface area contributed by atoms with Crippen molar-refractivity contribution in [2.45, 2.75) is 6.18 Å². The van der Waals surface area contributed by atoms with Crippen molar-refractivity contribution in [3.05, 3.63) is 57.5 Å². The first-order valence-electron chi connectivity index (χ1n) is 6.30. The van der Waals surface area contributed by atoms with Crippen molar-refractivity contribution in [1.82, 2.24) is 0 Å². The molecule has 0 unspecified atom stereocenters. The Bertz CT molecular complexity index is 705. The maximum absolute atomic E-state index is 12.8. The first kappa shape index (κ1) is 17.6. The zero-order valence-electron chi connectivity index (χ0n) is 11.5. The molecular weight excluding hydrogens is 399 g/mol. The average molecular weight is 409 g/mol. The third-order valence-corrected chi connectivity index (χ3v) is 3.68. The third kappa shape index (κ3) is 5.14. The standard InChI is InChI=1S/C15H10BrClF3NO2/c16-13-6-3-10(7-12(13)15(18,19)20)21-14(22)8-23-11-4-1-9(17)2-5-11/h1-7H,8H2,(H,21,22). The van der Waals surface area contributed by atoms with Gasteiger partial charge in [0.1, 0.15) is 5.75 Å². The molecule has 0 aromatic heterocycles. The van der Waals surface area contributed by atoms with Gasteiger partial charge in [-0.05, 0) is 42.5 Å². The Hall–Kier alpha value is -1.73. The second kappa shape index (κ2) is 7.23. The van der Waals surface area contributed by atoms with Crippen molar-refractivity contribution < 1.29 is 22.7 Å². The predicted molar refractivity (Wildman–Crippen MR) is 84.7 cm³/mol. The summed E-state index contributed by atoms with van der Waals surface area (Å²) in [7, 11) is 0. The zero-order chi connectivity index (χ0) is 17.0. The van der Waals surface area contributed by atoms with Crippen LogP contribution in [0.4, 0.5) is 18.9 Å². The van der Waals surface area contributed by atoms with E-state index in [9.17, 15) is 18.0 Å². The lowest BCUT2D eigenvalue weighted by Gasteiger charge is -2.12. The molecular formula is C15H10BrClF3NO2. The summed E-state index contributed by atoms with van der Waals surface area (Å²) in [4.78, 5) is 11.7. The molecule has 2 rings (SSSR count). The SMILES string of the molecule is O=C(COc1ccc(Cl)cc1)Nc1ccc(Br)c(C(F)(F)F)c1. The van der Waals surface area contributed by atoms with E-state index in [0.29, 0.717) is 10.8 Å². The number of rotatable bonds is 4. The highest BCUT2D eigenvalue weighted by atomic mass is 79.9. The number of benzene rings is 2. The molecule has 0 radical (unpaired) electrons. The number of nitrogens with one attached hydrogen (secondary N) is 1. The van der Waals surface area contributed by atoms with Gasteiger partial charge in [0.15, 0.2) is 6.61 Å². The lowest BCUT2D eigenvalue weighted by atomic mass is 10.2. The molecule has 2 aromatic carbocycles. The van der Waals surface area contributed by atoms with Gasteiger partial charge in [-0.15, -0.1) is 0 Å². The molecule has 3 nitrogen and oxygen atoms in total. The van der Waals surface area contributed by atoms with Crippen LogP contribution in [0.3, 0.4) is 0 Å². The normalized spacial score (nSPS) is 11.2. The maximum atomic E-state index is 12.8. The van der Waals surface area contributed by atoms with Gasteiger partial charge in [0.25, 0.3) is 5.91 Å². The molecule has 0 bridgehead atoms. The molecule has 2 aromatic rings. The number of carbonyl (C=O) groups excluding carboxylic acids is 1. The number of halogens is 5. The van der Waals surface area contributed by atoms with Crippen LogP contribution in [-0.4, -0.2) is 12.5 Å². The summed E-state index contributed by atoms with van der Waals surface area (Å²) in [6.45, 7) is -0.334. The molecule has 0 aliphatic carbocycles. The lowest BCUT2D eigenvalue weighted by molar-refractivity contribution is -0.138. The topological polar surface area (TPSA) is 38.3 Å². The number of alkyl halides is 3. The highest BCUT2D eigenvalue weighted by Gasteiger charge is 2.33. The molecule has 0 atom stereocenters. The van der Waals surface area contributed by atoms with Gasteiger partial charge in [-0.1, -0.05) is 27.5 Å². The predicted octanol–water partition coefficient (Wildman–Crippen LogP) is 5.14. The molecule has 1 N–H and O–H groups in total. The van der Waals surface area contributed by atoms with Gasteiger partial charge in [-0.3, -0.25) is 4.79 Å². The Morgan fingerprint density at radius 2 is 1.83 bits per heavy atom. The van der Waals surface area contributed by atoms with Gasteiger partial charge in [-0.25, -0.2) is 0 Å². The van der Waals surface area contributed by atoms with Crippen molar-refractivity contribution in [1.29, 1.82) is 0 Å². The molecule has 122 valence electrons. The quantitative estimate of drug-likeness (QED) is 0.761. The van der Waals surface area contributed by atoms with Crippen molar-refractivity contribution in [3.63, 3.8) is 0 Å². The number of hydrogen-bond donors (Lipinski definition) is 1. The Balaban J connectivity index is 1.99. The van der Waals surface area contributed by atoms with Crippen LogP contribution in [0.5, 0.6) is 5.75 Å². The van der Waals surface area contributed by atoms with Crippen LogP contribution in [0, 0.1) is 0 Å². The fraction of sp³-hybridized carbons (Fsp3) is 0.133. The van der Waals surface area contributed by atoms with E-state index in [2.05, 4.69) is 21.2 Å². The summed E-state index contributed by atoms with van der Waals surface area (Å²) >= 11 is 8.55. The zero-order valence-corrected chi connectivity index (χ0v) is 13.8. The fourth-order valence-corrected chi connectivity index (χ4v) is 2.29. The van der Waals surface area contributed by atoms with Crippen LogP contribution in [0.1, 0.15) is 5.56 Å². The lowest BCUT2D eigenvalue weighted by Crippen LogP contribution is -2.20. The fourth-order valence-electron chi connectivity index (χ4n) is 1.70. The first-order valence-corrected chi connectivity index (χ1v) is 7.48. The van der Waals surface area contributed by atoms with Crippen molar-refractivity contribution in [2.75, 3.05) is 11.9 Å². The minimum atomic E-state index is -4.51. The minimum absolute atomic E-state index is 0.0326. The van der Waals surface area contributed by atoms with E-state index in [1.807, 2.05) is 0 Å². The molecule has 1 amide bonds. The van der Waals surface area contributed by atoms with Crippen LogP contribution >= 0.6 is 27.5 Å². The second-order valence-electron chi connectivity index (χ2n) is 4.48. The smallest absolute Gasteiger partial charge is 0.417 e. The monoisotopic (exact) mass is 407 g/mol. The van der Waals surface area contributed by atoms with Gasteiger partial charge in [0, 0.05) is 15.2 Å². The number of hydrogen-bond acceptors (Lipinski definition) is 2. The first-order chi connectivity index (χ1) is 10.8. The van der Waals surface area contributed by atoms with Gasteiger partial charge >= 0.3 is 6.18 Å². The van der Waals surface area contributed by atoms with E-state index < -0.39 is 17.6 Å². The minimum Gasteiger partial charge on any atom is -0.484 e. The van der Waals surface area contributed by atoms with Gasteiger partial charge in [0.05, 0.1) is 5.56 Å². The van der Waals surface area contributed by atoms with Gasteiger partial charge < -0.3 is 10.1 Å². The van der Waals surface area contributed by atoms with E-state index in [1.165, 1.54) is 12.1 Å². The average Bonchev–Trinajstić information content (AvgIpc) is 2.47. The van der Waals surface area contributed by atoms with Crippen LogP contribution in [0.2, 0.25) is 5.02 Å². The van der Waals surface area contributed by atoms with E-state index >= 15 is 0 Å². The largest absolute Gasteiger partial charge is 0.484 e. The summed E-state index contributed by atoms with van der Waals surface area (Å²) in [5, 5.41) is 2.88. The Labute approximate surface area is 143 Å². The van der Waals surface area contributed by atoms with E-state index in [1.54, 1.807) is 24.3 Å². The van der Waals surface area contributed by atoms with Crippen LogP contribution in [0.25, 0.3) is 0 Å². The Kier molecular flexibility index (Phi) is 5.54. The highest BCUT2D eigenvalue weighted by molar-refractivity contribution is 9.10. The Morgan fingerprint density at radius 3 is 2.43 bits per heavy atom. The van der Waals surface area contributed by atoms with Crippen molar-refractivity contribution >= 4 is 39.1 Å². The number of amides is 1. The van der Waals surface area contributed by atoms with Crippen molar-refractivity contribution in [3.8, 4) is 5.75 Å². The van der Waals surface area contributed by atoms with Crippen molar-refractivity contribution in [2.24, 2.45) is 0 Å². The second-order valence-corrected chi connectivity index (χ2v) is 5.77. The van der Waals surface area contributed by atoms with E-state index in [0.717, 1.165) is 6.07 Å². The van der Waals surface area contributed by atoms with Gasteiger partial charge in [-0.2, -0.15) is 13.2 Å². The summed E-state index contributed by atoms with van der Waals surface area (Å²) in [6, 6.07) is 9.79. The molecule has 0 aliphatic heterocycles. The third-order valence-electron chi connectivity index (χ3n) is 2.74. The van der Waals surface area contributed by atoms with Gasteiger partial charge in [0.2, 0.25) is 0 Å². The van der Waals surface area contributed by atoms with E-state index in [4.69, 9.17) is 16.3 Å². The summed E-state index contributed by atoms with van der Waals surface area (Å²) in [5.74, 6) is -0.147. The molecule has 0 aliphatic rings. The molecule has 0 heterocycles. The number of anilines is 1. The van der Waals surface area contributed by atoms with Crippen LogP contribution in [-0.2, 0) is 11.0 Å². The number of carbonyl (C=O) groups is 1. The highest BCUT2D eigenvalue weighted by Crippen LogP contribution is 2.36. The van der Waals surface area contributed by atoms with Crippen LogP contribution in [0.15, 0.2) is 46.9 Å². The molecule has 0 saturated heterocycles. The summed E-state index contributed by atoms with van der Waals surface area (Å²) in [5.41, 5.74) is -0.834. The van der Waals surface area contributed by atoms with Crippen LogP contribution < -0.4 is 10.1 Å². The number of ether oxygens (including phenoxy) is 1. The molecule has 0 spiro atoms. The maximum Gasteiger partial charge on any atom is 0.417 e. The molecule has 8 heteroatoms. The van der Waals surface area contributed by atoms with E-state index in [-0.39, 0.29) is 16.8 Å².